The number of hydrogen-bond donors (Lipinski definition) is 0. The Morgan fingerprint density at radius 2 is 1.80 bits per heavy atom. The van der Waals surface area contributed by atoms with E-state index in [0.717, 1.165) is 12.8 Å². The largest absolute Gasteiger partial charge is 0.198 e. The molecule has 1 heteroatoms. The van der Waals surface area contributed by atoms with Gasteiger partial charge in [0, 0.05) is 6.42 Å². The number of rotatable bonds is 8. The van der Waals surface area contributed by atoms with Gasteiger partial charge in [0.1, 0.15) is 0 Å². The van der Waals surface area contributed by atoms with Crippen molar-refractivity contribution in [2.75, 3.05) is 0 Å². The Labute approximate surface area is 125 Å². The number of benzene rings is 1. The standard InChI is InChI=1S/C19H28N/c1-5-16(4)18(12-9-13-20)19(15(2)3)14-17-10-7-6-8-11-17/h6-8,10-11,15-16,18H,5,9,12,14H2,1-4H3. The van der Waals surface area contributed by atoms with Gasteiger partial charge in [-0.25, -0.2) is 0 Å². The molecule has 1 rings (SSSR count). The van der Waals surface area contributed by atoms with E-state index in [1.807, 2.05) is 0 Å². The summed E-state index contributed by atoms with van der Waals surface area (Å²) in [4.78, 5) is 0. The Balaban J connectivity index is 2.87. The first-order chi connectivity index (χ1) is 9.60. The molecule has 0 amide bonds. The van der Waals surface area contributed by atoms with E-state index < -0.39 is 0 Å². The molecule has 1 aromatic carbocycles. The van der Waals surface area contributed by atoms with Crippen molar-refractivity contribution in [3.8, 4) is 6.07 Å². The fourth-order valence-corrected chi connectivity index (χ4v) is 2.93. The second kappa shape index (κ2) is 8.80. The van der Waals surface area contributed by atoms with Crippen LogP contribution in [0.4, 0.5) is 0 Å². The van der Waals surface area contributed by atoms with Gasteiger partial charge in [0.25, 0.3) is 0 Å². The average Bonchev–Trinajstić information content (AvgIpc) is 2.46. The smallest absolute Gasteiger partial charge is 0.0621 e. The van der Waals surface area contributed by atoms with Crippen LogP contribution in [0.1, 0.15) is 52.5 Å². The van der Waals surface area contributed by atoms with Crippen LogP contribution in [0.15, 0.2) is 30.3 Å². The van der Waals surface area contributed by atoms with Crippen molar-refractivity contribution in [1.82, 2.24) is 0 Å². The molecule has 0 spiro atoms. The van der Waals surface area contributed by atoms with Crippen molar-refractivity contribution in [3.63, 3.8) is 0 Å². The van der Waals surface area contributed by atoms with Gasteiger partial charge in [0.05, 0.1) is 6.07 Å². The van der Waals surface area contributed by atoms with Gasteiger partial charge >= 0.3 is 0 Å². The minimum absolute atomic E-state index is 0.569. The molecule has 0 fully saturated rings. The Bertz CT molecular complexity index is 402. The monoisotopic (exact) mass is 270 g/mol. The molecule has 0 aliphatic carbocycles. The molecule has 1 aromatic rings. The van der Waals surface area contributed by atoms with E-state index in [0.29, 0.717) is 24.2 Å². The van der Waals surface area contributed by atoms with Crippen molar-refractivity contribution in [2.45, 2.75) is 53.4 Å². The third kappa shape index (κ3) is 5.00. The minimum Gasteiger partial charge on any atom is -0.198 e. The van der Waals surface area contributed by atoms with E-state index in [4.69, 9.17) is 5.26 Å². The van der Waals surface area contributed by atoms with Crippen LogP contribution in [0, 0.1) is 35.0 Å². The second-order valence-electron chi connectivity index (χ2n) is 6.08. The van der Waals surface area contributed by atoms with Gasteiger partial charge in [0.15, 0.2) is 0 Å². The summed E-state index contributed by atoms with van der Waals surface area (Å²) >= 11 is 0. The molecular formula is C19H28N. The van der Waals surface area contributed by atoms with E-state index in [1.165, 1.54) is 12.0 Å². The zero-order valence-corrected chi connectivity index (χ0v) is 13.4. The molecule has 0 aliphatic heterocycles. The lowest BCUT2D eigenvalue weighted by atomic mass is 9.71. The Morgan fingerprint density at radius 3 is 2.30 bits per heavy atom. The fraction of sp³-hybridized carbons (Fsp3) is 0.579. The maximum absolute atomic E-state index is 8.92. The topological polar surface area (TPSA) is 23.8 Å². The van der Waals surface area contributed by atoms with E-state index in [2.05, 4.69) is 64.1 Å². The van der Waals surface area contributed by atoms with E-state index in [-0.39, 0.29) is 0 Å². The van der Waals surface area contributed by atoms with Gasteiger partial charge in [0.2, 0.25) is 0 Å². The van der Waals surface area contributed by atoms with Gasteiger partial charge in [-0.1, -0.05) is 64.4 Å². The van der Waals surface area contributed by atoms with Gasteiger partial charge in [-0.05, 0) is 42.1 Å². The van der Waals surface area contributed by atoms with Gasteiger partial charge in [-0.15, -0.1) is 0 Å². The van der Waals surface area contributed by atoms with Gasteiger partial charge in [-0.3, -0.25) is 0 Å². The maximum atomic E-state index is 8.92. The molecule has 2 atom stereocenters. The molecule has 0 saturated heterocycles. The molecule has 0 N–H and O–H groups in total. The summed E-state index contributed by atoms with van der Waals surface area (Å²) in [6, 6.07) is 13.0. The summed E-state index contributed by atoms with van der Waals surface area (Å²) in [6.07, 6.45) is 3.91. The zero-order chi connectivity index (χ0) is 15.0. The third-order valence-electron chi connectivity index (χ3n) is 4.37. The van der Waals surface area contributed by atoms with Gasteiger partial charge < -0.3 is 0 Å². The maximum Gasteiger partial charge on any atom is 0.0621 e. The van der Waals surface area contributed by atoms with Crippen LogP contribution in [-0.2, 0) is 6.42 Å². The van der Waals surface area contributed by atoms with Gasteiger partial charge in [-0.2, -0.15) is 5.26 Å². The highest BCUT2D eigenvalue weighted by Crippen LogP contribution is 2.36. The first kappa shape index (κ1) is 16.8. The molecule has 109 valence electrons. The molecule has 0 aliphatic rings. The van der Waals surface area contributed by atoms with Crippen molar-refractivity contribution < 1.29 is 0 Å². The Kier molecular flexibility index (Phi) is 7.37. The molecule has 1 nitrogen and oxygen atoms in total. The summed E-state index contributed by atoms with van der Waals surface area (Å²) in [7, 11) is 0. The number of hydrogen-bond acceptors (Lipinski definition) is 1. The lowest BCUT2D eigenvalue weighted by Gasteiger charge is -2.33. The van der Waals surface area contributed by atoms with Crippen LogP contribution >= 0.6 is 0 Å². The first-order valence-corrected chi connectivity index (χ1v) is 7.86. The van der Waals surface area contributed by atoms with Crippen LogP contribution in [0.25, 0.3) is 0 Å². The Morgan fingerprint density at radius 1 is 1.15 bits per heavy atom. The van der Waals surface area contributed by atoms with Crippen LogP contribution in [-0.4, -0.2) is 0 Å². The molecule has 0 saturated carbocycles. The SMILES string of the molecule is CCC(C)C(CCC#N)[C](Cc1ccccc1)C(C)C. The summed E-state index contributed by atoms with van der Waals surface area (Å²) in [5.74, 6) is 3.41. The molecule has 1 radical (unpaired) electrons. The number of nitrogens with zero attached hydrogens (tertiary/aromatic N) is 1. The van der Waals surface area contributed by atoms with Crippen LogP contribution in [0.5, 0.6) is 0 Å². The summed E-state index contributed by atoms with van der Waals surface area (Å²) in [5.41, 5.74) is 1.39. The lowest BCUT2D eigenvalue weighted by molar-refractivity contribution is 0.301. The molecule has 0 bridgehead atoms. The first-order valence-electron chi connectivity index (χ1n) is 7.86. The molecular weight excluding hydrogens is 242 g/mol. The summed E-state index contributed by atoms with van der Waals surface area (Å²) in [6.45, 7) is 9.17. The van der Waals surface area contributed by atoms with E-state index in [9.17, 15) is 0 Å². The lowest BCUT2D eigenvalue weighted by Crippen LogP contribution is -2.26. The van der Waals surface area contributed by atoms with Crippen LogP contribution < -0.4 is 0 Å². The summed E-state index contributed by atoms with van der Waals surface area (Å²) in [5, 5.41) is 8.92. The fourth-order valence-electron chi connectivity index (χ4n) is 2.93. The predicted octanol–water partition coefficient (Wildman–Crippen LogP) is 5.43. The van der Waals surface area contributed by atoms with Crippen molar-refractivity contribution >= 4 is 0 Å². The normalized spacial score (nSPS) is 14.2. The molecule has 2 unspecified atom stereocenters. The summed E-state index contributed by atoms with van der Waals surface area (Å²) < 4.78 is 0. The Hall–Kier alpha value is -1.29. The third-order valence-corrected chi connectivity index (χ3v) is 4.37. The predicted molar refractivity (Wildman–Crippen MR) is 86.0 cm³/mol. The second-order valence-corrected chi connectivity index (χ2v) is 6.08. The highest BCUT2D eigenvalue weighted by molar-refractivity contribution is 5.21. The highest BCUT2D eigenvalue weighted by atomic mass is 14.3. The van der Waals surface area contributed by atoms with E-state index >= 15 is 0 Å². The molecule has 0 heterocycles. The van der Waals surface area contributed by atoms with Crippen molar-refractivity contribution in [2.24, 2.45) is 17.8 Å². The van der Waals surface area contributed by atoms with Crippen molar-refractivity contribution in [3.05, 3.63) is 41.8 Å². The molecule has 0 aromatic heterocycles. The minimum atomic E-state index is 0.569. The van der Waals surface area contributed by atoms with E-state index in [1.54, 1.807) is 5.92 Å². The highest BCUT2D eigenvalue weighted by Gasteiger charge is 2.28. The molecule has 20 heavy (non-hydrogen) atoms. The van der Waals surface area contributed by atoms with Crippen LogP contribution in [0.2, 0.25) is 0 Å². The zero-order valence-electron chi connectivity index (χ0n) is 13.4. The van der Waals surface area contributed by atoms with Crippen LogP contribution in [0.3, 0.4) is 0 Å². The quantitative estimate of drug-likeness (QED) is 0.618. The number of nitriles is 1. The van der Waals surface area contributed by atoms with Crippen molar-refractivity contribution in [1.29, 1.82) is 5.26 Å². The average molecular weight is 270 g/mol.